The van der Waals surface area contributed by atoms with Gasteiger partial charge in [0, 0.05) is 23.9 Å². The fraction of sp³-hybridized carbons (Fsp3) is 0.522. The average molecular weight is 396 g/mol. The Balaban J connectivity index is 1.56. The minimum Gasteiger partial charge on any atom is -0.361 e. The van der Waals surface area contributed by atoms with Crippen LogP contribution in [0.4, 0.5) is 0 Å². The minimum atomic E-state index is -0.199. The summed E-state index contributed by atoms with van der Waals surface area (Å²) in [5.41, 5.74) is 2.29. The number of rotatable bonds is 4. The van der Waals surface area contributed by atoms with Gasteiger partial charge in [-0.3, -0.25) is 9.59 Å². The molecule has 0 bridgehead atoms. The third-order valence-corrected chi connectivity index (χ3v) is 6.51. The summed E-state index contributed by atoms with van der Waals surface area (Å²) in [6.07, 6.45) is 3.95. The van der Waals surface area contributed by atoms with Gasteiger partial charge >= 0.3 is 0 Å². The Morgan fingerprint density at radius 2 is 2.03 bits per heavy atom. The van der Waals surface area contributed by atoms with E-state index in [4.69, 9.17) is 4.52 Å². The van der Waals surface area contributed by atoms with Gasteiger partial charge in [-0.1, -0.05) is 49.3 Å². The van der Waals surface area contributed by atoms with E-state index >= 15 is 0 Å². The van der Waals surface area contributed by atoms with Crippen molar-refractivity contribution >= 4 is 11.8 Å². The second-order valence-electron chi connectivity index (χ2n) is 8.77. The smallest absolute Gasteiger partial charge is 0.257 e. The molecule has 3 atom stereocenters. The van der Waals surface area contributed by atoms with Crippen LogP contribution in [-0.2, 0) is 4.79 Å². The third-order valence-electron chi connectivity index (χ3n) is 6.51. The lowest BCUT2D eigenvalue weighted by molar-refractivity contribution is -0.120. The monoisotopic (exact) mass is 395 g/mol. The Morgan fingerprint density at radius 3 is 2.69 bits per heavy atom. The number of hydrogen-bond acceptors (Lipinski definition) is 4. The molecule has 2 aromatic rings. The molecule has 2 N–H and O–H groups in total. The molecule has 1 aliphatic heterocycles. The van der Waals surface area contributed by atoms with Gasteiger partial charge in [-0.15, -0.1) is 0 Å². The lowest BCUT2D eigenvalue weighted by Gasteiger charge is -2.45. The van der Waals surface area contributed by atoms with Gasteiger partial charge in [-0.05, 0) is 44.1 Å². The van der Waals surface area contributed by atoms with Crippen molar-refractivity contribution in [2.24, 2.45) is 0 Å². The molecule has 2 heterocycles. The predicted octanol–water partition coefficient (Wildman–Crippen LogP) is 3.82. The second-order valence-corrected chi connectivity index (χ2v) is 8.77. The summed E-state index contributed by atoms with van der Waals surface area (Å²) < 4.78 is 5.29. The highest BCUT2D eigenvalue weighted by molar-refractivity contribution is 5.96. The standard InChI is InChI=1S/C23H29N3O3/c1-14(2)21-20(15(3)29-26-21)22(28)24-17-9-11-23(12-10-19(27)25-23)18(13-17)16-7-5-4-6-8-16/h4-8,14,17-18H,9-13H2,1-3H3,(H,24,28)(H,25,27)/t17-,18+,23-/m0/s1. The molecule has 0 unspecified atom stereocenters. The average Bonchev–Trinajstić information content (AvgIpc) is 3.27. The topological polar surface area (TPSA) is 84.2 Å². The fourth-order valence-corrected chi connectivity index (χ4v) is 5.01. The predicted molar refractivity (Wildman–Crippen MR) is 110 cm³/mol. The zero-order valence-electron chi connectivity index (χ0n) is 17.3. The van der Waals surface area contributed by atoms with Crippen LogP contribution in [-0.4, -0.2) is 28.6 Å². The molecule has 154 valence electrons. The van der Waals surface area contributed by atoms with Crippen molar-refractivity contribution in [2.75, 3.05) is 0 Å². The molecule has 1 saturated heterocycles. The first-order valence-electron chi connectivity index (χ1n) is 10.5. The number of amides is 2. The number of carbonyl (C=O) groups is 2. The second kappa shape index (κ2) is 7.65. The van der Waals surface area contributed by atoms with Crippen LogP contribution in [0, 0.1) is 6.92 Å². The summed E-state index contributed by atoms with van der Waals surface area (Å²) in [7, 11) is 0. The van der Waals surface area contributed by atoms with Gasteiger partial charge in [0.05, 0.1) is 5.69 Å². The Labute approximate surface area is 171 Å². The van der Waals surface area contributed by atoms with Crippen LogP contribution in [0.3, 0.4) is 0 Å². The molecule has 2 amide bonds. The first-order chi connectivity index (χ1) is 13.9. The molecule has 1 spiro atoms. The minimum absolute atomic E-state index is 0.0464. The largest absolute Gasteiger partial charge is 0.361 e. The summed E-state index contributed by atoms with van der Waals surface area (Å²) in [6.45, 7) is 5.80. The number of nitrogens with zero attached hydrogens (tertiary/aromatic N) is 1. The van der Waals surface area contributed by atoms with Crippen molar-refractivity contribution in [3.05, 3.63) is 52.9 Å². The van der Waals surface area contributed by atoms with E-state index in [0.29, 0.717) is 23.4 Å². The van der Waals surface area contributed by atoms with Gasteiger partial charge < -0.3 is 15.2 Å². The maximum Gasteiger partial charge on any atom is 0.257 e. The van der Waals surface area contributed by atoms with E-state index in [-0.39, 0.29) is 35.2 Å². The van der Waals surface area contributed by atoms with Crippen molar-refractivity contribution in [3.63, 3.8) is 0 Å². The van der Waals surface area contributed by atoms with Crippen LogP contribution in [0.25, 0.3) is 0 Å². The maximum atomic E-state index is 13.0. The van der Waals surface area contributed by atoms with Gasteiger partial charge in [0.25, 0.3) is 5.91 Å². The molecule has 6 heteroatoms. The fourth-order valence-electron chi connectivity index (χ4n) is 5.01. The quantitative estimate of drug-likeness (QED) is 0.824. The van der Waals surface area contributed by atoms with E-state index in [1.165, 1.54) is 5.56 Å². The lowest BCUT2D eigenvalue weighted by atomic mass is 9.67. The summed E-state index contributed by atoms with van der Waals surface area (Å²) in [4.78, 5) is 25.1. The number of aryl methyl sites for hydroxylation is 1. The third kappa shape index (κ3) is 3.68. The zero-order chi connectivity index (χ0) is 20.6. The molecule has 2 fully saturated rings. The Hall–Kier alpha value is -2.63. The first kappa shape index (κ1) is 19.7. The van der Waals surface area contributed by atoms with Crippen molar-refractivity contribution in [1.29, 1.82) is 0 Å². The SMILES string of the molecule is Cc1onc(C(C)C)c1C(=O)N[C@H]1CC[C@]2(CCC(=O)N2)[C@@H](c2ccccc2)C1. The van der Waals surface area contributed by atoms with Gasteiger partial charge in [0.1, 0.15) is 11.3 Å². The van der Waals surface area contributed by atoms with Gasteiger partial charge in [-0.25, -0.2) is 0 Å². The molecule has 1 aliphatic carbocycles. The summed E-state index contributed by atoms with van der Waals surface area (Å²) in [5.74, 6) is 0.878. The molecule has 2 aliphatic rings. The van der Waals surface area contributed by atoms with E-state index in [2.05, 4.69) is 27.9 Å². The number of nitrogens with one attached hydrogen (secondary N) is 2. The van der Waals surface area contributed by atoms with Crippen LogP contribution >= 0.6 is 0 Å². The van der Waals surface area contributed by atoms with Crippen LogP contribution in [0.1, 0.15) is 85.2 Å². The molecule has 29 heavy (non-hydrogen) atoms. The highest BCUT2D eigenvalue weighted by Gasteiger charge is 2.48. The molecule has 1 aromatic heterocycles. The summed E-state index contributed by atoms with van der Waals surface area (Å²) >= 11 is 0. The number of hydrogen-bond donors (Lipinski definition) is 2. The van der Waals surface area contributed by atoms with Gasteiger partial charge in [0.2, 0.25) is 5.91 Å². The molecule has 1 saturated carbocycles. The van der Waals surface area contributed by atoms with E-state index in [9.17, 15) is 9.59 Å². The maximum absolute atomic E-state index is 13.0. The zero-order valence-corrected chi connectivity index (χ0v) is 17.3. The Kier molecular flexibility index (Phi) is 5.19. The van der Waals surface area contributed by atoms with Crippen LogP contribution in [0.2, 0.25) is 0 Å². The number of benzene rings is 1. The van der Waals surface area contributed by atoms with E-state index in [1.807, 2.05) is 32.0 Å². The molecule has 6 nitrogen and oxygen atoms in total. The number of aromatic nitrogens is 1. The summed E-state index contributed by atoms with van der Waals surface area (Å²) in [5, 5.41) is 10.6. The van der Waals surface area contributed by atoms with Gasteiger partial charge in [-0.2, -0.15) is 0 Å². The number of carbonyl (C=O) groups excluding carboxylic acids is 2. The molecule has 4 rings (SSSR count). The first-order valence-corrected chi connectivity index (χ1v) is 10.5. The van der Waals surface area contributed by atoms with Gasteiger partial charge in [0.15, 0.2) is 0 Å². The van der Waals surface area contributed by atoms with Crippen molar-refractivity contribution in [2.45, 2.75) is 76.3 Å². The van der Waals surface area contributed by atoms with Crippen LogP contribution < -0.4 is 10.6 Å². The van der Waals surface area contributed by atoms with Crippen molar-refractivity contribution < 1.29 is 14.1 Å². The molecular formula is C23H29N3O3. The Morgan fingerprint density at radius 1 is 1.28 bits per heavy atom. The molecule has 1 aromatic carbocycles. The molecular weight excluding hydrogens is 366 g/mol. The van der Waals surface area contributed by atoms with Crippen LogP contribution in [0.5, 0.6) is 0 Å². The van der Waals surface area contributed by atoms with E-state index < -0.39 is 0 Å². The highest BCUT2D eigenvalue weighted by Crippen LogP contribution is 2.46. The van der Waals surface area contributed by atoms with E-state index in [0.717, 1.165) is 25.7 Å². The van der Waals surface area contributed by atoms with Crippen molar-refractivity contribution in [3.8, 4) is 0 Å². The Bertz CT molecular complexity index is 905. The molecule has 0 radical (unpaired) electrons. The lowest BCUT2D eigenvalue weighted by Crippen LogP contribution is -2.53. The van der Waals surface area contributed by atoms with Crippen LogP contribution in [0.15, 0.2) is 34.9 Å². The van der Waals surface area contributed by atoms with E-state index in [1.54, 1.807) is 6.92 Å². The summed E-state index contributed by atoms with van der Waals surface area (Å²) in [6, 6.07) is 10.4. The normalized spacial score (nSPS) is 26.7. The van der Waals surface area contributed by atoms with Crippen molar-refractivity contribution in [1.82, 2.24) is 15.8 Å². The highest BCUT2D eigenvalue weighted by atomic mass is 16.5.